The first-order chi connectivity index (χ1) is 9.74. The quantitative estimate of drug-likeness (QED) is 0.838. The molecule has 20 heavy (non-hydrogen) atoms. The molecule has 0 N–H and O–H groups in total. The Kier molecular flexibility index (Phi) is 4.63. The lowest BCUT2D eigenvalue weighted by atomic mass is 10.0. The van der Waals surface area contributed by atoms with Crippen molar-refractivity contribution >= 4 is 29.0 Å². The van der Waals surface area contributed by atoms with E-state index >= 15 is 0 Å². The summed E-state index contributed by atoms with van der Waals surface area (Å²) in [7, 11) is 0. The van der Waals surface area contributed by atoms with E-state index in [1.807, 2.05) is 17.2 Å². The summed E-state index contributed by atoms with van der Waals surface area (Å²) in [6.45, 7) is 6.14. The molecule has 3 rings (SSSR count). The molecule has 1 aromatic heterocycles. The Morgan fingerprint density at radius 2 is 1.95 bits per heavy atom. The van der Waals surface area contributed by atoms with Crippen LogP contribution in [0, 0.1) is 6.92 Å². The van der Waals surface area contributed by atoms with Crippen LogP contribution in [0.4, 0.5) is 0 Å². The highest BCUT2D eigenvalue weighted by atomic mass is 32.2. The van der Waals surface area contributed by atoms with E-state index in [-0.39, 0.29) is 5.91 Å². The van der Waals surface area contributed by atoms with Gasteiger partial charge in [-0.15, -0.1) is 11.3 Å². The van der Waals surface area contributed by atoms with Crippen LogP contribution in [0.1, 0.15) is 28.3 Å². The average molecular weight is 311 g/mol. The first-order valence-electron chi connectivity index (χ1n) is 7.27. The van der Waals surface area contributed by atoms with Crippen LogP contribution in [0.5, 0.6) is 0 Å². The molecule has 2 saturated heterocycles. The number of aryl methyl sites for hydroxylation is 1. The van der Waals surface area contributed by atoms with Gasteiger partial charge in [0.05, 0.1) is 5.01 Å². The molecular weight excluding hydrogens is 290 g/mol. The normalized spacial score (nSPS) is 22.1. The van der Waals surface area contributed by atoms with Crippen molar-refractivity contribution < 1.29 is 4.79 Å². The largest absolute Gasteiger partial charge is 0.337 e. The van der Waals surface area contributed by atoms with E-state index in [0.29, 0.717) is 11.7 Å². The van der Waals surface area contributed by atoms with Crippen LogP contribution < -0.4 is 0 Å². The Bertz CT molecular complexity index is 463. The lowest BCUT2D eigenvalue weighted by Crippen LogP contribution is -2.49. The summed E-state index contributed by atoms with van der Waals surface area (Å²) in [4.78, 5) is 21.3. The van der Waals surface area contributed by atoms with Gasteiger partial charge in [0.15, 0.2) is 0 Å². The number of hydrogen-bond acceptors (Lipinski definition) is 5. The van der Waals surface area contributed by atoms with E-state index in [9.17, 15) is 4.79 Å². The van der Waals surface area contributed by atoms with Crippen molar-refractivity contribution in [1.82, 2.24) is 14.8 Å². The number of rotatable bonds is 2. The van der Waals surface area contributed by atoms with Crippen LogP contribution in [0.2, 0.25) is 0 Å². The third-order valence-electron chi connectivity index (χ3n) is 4.15. The van der Waals surface area contributed by atoms with Gasteiger partial charge in [-0.2, -0.15) is 11.8 Å². The molecule has 3 heterocycles. The Morgan fingerprint density at radius 3 is 2.55 bits per heavy atom. The summed E-state index contributed by atoms with van der Waals surface area (Å²) < 4.78 is 0. The standard InChI is InChI=1S/C14H21N3OS2/c1-11-15-13(10-20-11)14(18)17-4-2-12(3-5-17)16-6-8-19-9-7-16/h10,12H,2-9H2,1H3. The van der Waals surface area contributed by atoms with Crippen molar-refractivity contribution in [3.05, 3.63) is 16.1 Å². The number of piperidine rings is 1. The second-order valence-corrected chi connectivity index (χ2v) is 7.71. The number of carbonyl (C=O) groups is 1. The molecule has 0 bridgehead atoms. The zero-order valence-electron chi connectivity index (χ0n) is 11.9. The van der Waals surface area contributed by atoms with Crippen molar-refractivity contribution in [3.63, 3.8) is 0 Å². The maximum absolute atomic E-state index is 12.3. The van der Waals surface area contributed by atoms with Gasteiger partial charge in [0.1, 0.15) is 5.69 Å². The fraction of sp³-hybridized carbons (Fsp3) is 0.714. The van der Waals surface area contributed by atoms with E-state index in [0.717, 1.165) is 30.9 Å². The molecule has 0 saturated carbocycles. The number of amides is 1. The third kappa shape index (κ3) is 3.18. The number of thiazole rings is 1. The SMILES string of the molecule is Cc1nc(C(=O)N2CCC(N3CCSCC3)CC2)cs1. The molecule has 4 nitrogen and oxygen atoms in total. The number of hydrogen-bond donors (Lipinski definition) is 0. The minimum absolute atomic E-state index is 0.113. The summed E-state index contributed by atoms with van der Waals surface area (Å²) in [5.74, 6) is 2.64. The van der Waals surface area contributed by atoms with Gasteiger partial charge >= 0.3 is 0 Å². The van der Waals surface area contributed by atoms with Gasteiger partial charge in [-0.05, 0) is 19.8 Å². The second kappa shape index (κ2) is 6.45. The zero-order chi connectivity index (χ0) is 13.9. The third-order valence-corrected chi connectivity index (χ3v) is 5.87. The summed E-state index contributed by atoms with van der Waals surface area (Å²) in [5.41, 5.74) is 0.625. The van der Waals surface area contributed by atoms with Crippen LogP contribution in [-0.4, -0.2) is 64.4 Å². The number of carbonyl (C=O) groups excluding carboxylic acids is 1. The summed E-state index contributed by atoms with van der Waals surface area (Å²) in [6, 6.07) is 0.678. The van der Waals surface area contributed by atoms with Crippen LogP contribution in [-0.2, 0) is 0 Å². The van der Waals surface area contributed by atoms with Gasteiger partial charge in [0.25, 0.3) is 5.91 Å². The van der Waals surface area contributed by atoms with Gasteiger partial charge in [0.2, 0.25) is 0 Å². The van der Waals surface area contributed by atoms with Gasteiger partial charge in [-0.25, -0.2) is 4.98 Å². The Balaban J connectivity index is 1.54. The second-order valence-electron chi connectivity index (χ2n) is 5.42. The first kappa shape index (κ1) is 14.4. The van der Waals surface area contributed by atoms with E-state index in [2.05, 4.69) is 21.6 Å². The van der Waals surface area contributed by atoms with Crippen LogP contribution >= 0.6 is 23.1 Å². The highest BCUT2D eigenvalue weighted by molar-refractivity contribution is 7.99. The Morgan fingerprint density at radius 1 is 1.25 bits per heavy atom. The molecule has 0 radical (unpaired) electrons. The van der Waals surface area contributed by atoms with Crippen molar-refractivity contribution in [2.75, 3.05) is 37.7 Å². The molecule has 0 aromatic carbocycles. The summed E-state index contributed by atoms with van der Waals surface area (Å²) >= 11 is 3.61. The molecule has 110 valence electrons. The Hall–Kier alpha value is -0.590. The van der Waals surface area contributed by atoms with Gasteiger partial charge in [0, 0.05) is 49.1 Å². The molecule has 0 spiro atoms. The molecule has 0 atom stereocenters. The topological polar surface area (TPSA) is 36.4 Å². The lowest BCUT2D eigenvalue weighted by Gasteiger charge is -2.39. The number of aromatic nitrogens is 1. The van der Waals surface area contributed by atoms with Crippen molar-refractivity contribution in [1.29, 1.82) is 0 Å². The van der Waals surface area contributed by atoms with E-state index < -0.39 is 0 Å². The highest BCUT2D eigenvalue weighted by Gasteiger charge is 2.28. The average Bonchev–Trinajstić information content (AvgIpc) is 2.94. The fourth-order valence-electron chi connectivity index (χ4n) is 3.00. The van der Waals surface area contributed by atoms with Crippen LogP contribution in [0.3, 0.4) is 0 Å². The van der Waals surface area contributed by atoms with Crippen molar-refractivity contribution in [2.45, 2.75) is 25.8 Å². The first-order valence-corrected chi connectivity index (χ1v) is 9.30. The van der Waals surface area contributed by atoms with Gasteiger partial charge < -0.3 is 4.90 Å². The minimum atomic E-state index is 0.113. The fourth-order valence-corrected chi connectivity index (χ4v) is 4.52. The smallest absolute Gasteiger partial charge is 0.273 e. The number of nitrogens with zero attached hydrogens (tertiary/aromatic N) is 3. The predicted molar refractivity (Wildman–Crippen MR) is 84.7 cm³/mol. The minimum Gasteiger partial charge on any atom is -0.337 e. The molecule has 6 heteroatoms. The summed E-state index contributed by atoms with van der Waals surface area (Å²) in [6.07, 6.45) is 2.22. The van der Waals surface area contributed by atoms with E-state index in [4.69, 9.17) is 0 Å². The maximum atomic E-state index is 12.3. The molecule has 2 fully saturated rings. The van der Waals surface area contributed by atoms with Gasteiger partial charge in [-0.3, -0.25) is 9.69 Å². The number of likely N-dealkylation sites (tertiary alicyclic amines) is 1. The molecule has 1 amide bonds. The van der Waals surface area contributed by atoms with E-state index in [1.165, 1.54) is 24.6 Å². The number of thioether (sulfide) groups is 1. The molecule has 1 aromatic rings. The Labute approximate surface area is 128 Å². The van der Waals surface area contributed by atoms with Crippen molar-refractivity contribution in [3.8, 4) is 0 Å². The summed E-state index contributed by atoms with van der Waals surface area (Å²) in [5, 5.41) is 2.85. The zero-order valence-corrected chi connectivity index (χ0v) is 13.5. The monoisotopic (exact) mass is 311 g/mol. The molecule has 2 aliphatic rings. The van der Waals surface area contributed by atoms with Crippen LogP contribution in [0.25, 0.3) is 0 Å². The predicted octanol–water partition coefficient (Wildman–Crippen LogP) is 2.10. The molecule has 0 unspecified atom stereocenters. The van der Waals surface area contributed by atoms with Crippen LogP contribution in [0.15, 0.2) is 5.38 Å². The van der Waals surface area contributed by atoms with Crippen molar-refractivity contribution in [2.24, 2.45) is 0 Å². The molecule has 2 aliphatic heterocycles. The van der Waals surface area contributed by atoms with E-state index in [1.54, 1.807) is 11.3 Å². The van der Waals surface area contributed by atoms with Gasteiger partial charge in [-0.1, -0.05) is 0 Å². The highest BCUT2D eigenvalue weighted by Crippen LogP contribution is 2.22. The molecular formula is C14H21N3OS2. The molecule has 0 aliphatic carbocycles. The maximum Gasteiger partial charge on any atom is 0.273 e. The lowest BCUT2D eigenvalue weighted by molar-refractivity contribution is 0.0626.